The number of fused-ring (bicyclic) bond motifs is 1. The third-order valence-electron chi connectivity index (χ3n) is 5.23. The topological polar surface area (TPSA) is 106 Å². The fraction of sp³-hybridized carbons (Fsp3) is 0.200. The molecule has 0 aliphatic heterocycles. The van der Waals surface area contributed by atoms with E-state index in [1.165, 1.54) is 0 Å². The number of anilines is 2. The van der Waals surface area contributed by atoms with E-state index in [9.17, 15) is 9.59 Å². The van der Waals surface area contributed by atoms with Gasteiger partial charge in [0.25, 0.3) is 17.5 Å². The zero-order chi connectivity index (χ0) is 23.5. The van der Waals surface area contributed by atoms with Crippen molar-refractivity contribution in [2.75, 3.05) is 17.7 Å². The summed E-state index contributed by atoms with van der Waals surface area (Å²) in [5, 5.41) is 10.2. The van der Waals surface area contributed by atoms with Gasteiger partial charge in [-0.2, -0.15) is 0 Å². The zero-order valence-corrected chi connectivity index (χ0v) is 18.8. The van der Waals surface area contributed by atoms with Crippen LogP contribution in [-0.2, 0) is 0 Å². The van der Waals surface area contributed by atoms with Crippen LogP contribution < -0.4 is 15.4 Å². The van der Waals surface area contributed by atoms with Crippen LogP contribution in [0.25, 0.3) is 11.1 Å². The van der Waals surface area contributed by atoms with Crippen LogP contribution in [-0.4, -0.2) is 29.1 Å². The van der Waals surface area contributed by atoms with Crippen molar-refractivity contribution in [2.24, 2.45) is 0 Å². The Morgan fingerprint density at radius 2 is 1.73 bits per heavy atom. The monoisotopic (exact) mass is 444 g/mol. The summed E-state index contributed by atoms with van der Waals surface area (Å²) in [6, 6.07) is 15.6. The largest absolute Gasteiger partial charge is 0.495 e. The molecule has 0 saturated heterocycles. The van der Waals surface area contributed by atoms with Crippen molar-refractivity contribution in [3.8, 4) is 5.75 Å². The fourth-order valence-corrected chi connectivity index (χ4v) is 3.43. The van der Waals surface area contributed by atoms with Gasteiger partial charge in [-0.15, -0.1) is 0 Å². The van der Waals surface area contributed by atoms with Gasteiger partial charge in [0.15, 0.2) is 0 Å². The van der Waals surface area contributed by atoms with E-state index in [0.29, 0.717) is 45.0 Å². The second-order valence-corrected chi connectivity index (χ2v) is 7.88. The van der Waals surface area contributed by atoms with Crippen molar-refractivity contribution in [1.82, 2.24) is 10.1 Å². The summed E-state index contributed by atoms with van der Waals surface area (Å²) in [6.45, 7) is 5.76. The first kappa shape index (κ1) is 22.0. The van der Waals surface area contributed by atoms with Crippen molar-refractivity contribution in [1.29, 1.82) is 0 Å². The van der Waals surface area contributed by atoms with Crippen LogP contribution in [0.3, 0.4) is 0 Å². The standard InChI is InChI=1S/C25H24N4O4/c1-14(2)20-13-18(22-15(3)29-33-25(22)28-20)24(31)26-17-11-9-16(10-12-17)23(30)27-19-7-5-6-8-21(19)32-4/h5-14H,1-4H3,(H,26,31)(H,27,30). The normalized spacial score (nSPS) is 10.9. The summed E-state index contributed by atoms with van der Waals surface area (Å²) < 4.78 is 10.6. The van der Waals surface area contributed by atoms with Crippen molar-refractivity contribution in [2.45, 2.75) is 26.7 Å². The zero-order valence-electron chi connectivity index (χ0n) is 18.8. The van der Waals surface area contributed by atoms with Crippen LogP contribution in [0.2, 0.25) is 0 Å². The van der Waals surface area contributed by atoms with E-state index < -0.39 is 0 Å². The number of pyridine rings is 1. The van der Waals surface area contributed by atoms with Crippen LogP contribution in [0.5, 0.6) is 5.75 Å². The second-order valence-electron chi connectivity index (χ2n) is 7.88. The van der Waals surface area contributed by atoms with Crippen molar-refractivity contribution < 1.29 is 18.8 Å². The van der Waals surface area contributed by atoms with Crippen LogP contribution in [0.1, 0.15) is 51.9 Å². The summed E-state index contributed by atoms with van der Waals surface area (Å²) in [7, 11) is 1.55. The number of amides is 2. The van der Waals surface area contributed by atoms with Gasteiger partial charge in [0.1, 0.15) is 5.75 Å². The fourth-order valence-electron chi connectivity index (χ4n) is 3.43. The summed E-state index contributed by atoms with van der Waals surface area (Å²) in [5.74, 6) is 0.104. The number of hydrogen-bond donors (Lipinski definition) is 2. The molecule has 0 aliphatic carbocycles. The maximum Gasteiger partial charge on any atom is 0.259 e. The lowest BCUT2D eigenvalue weighted by Gasteiger charge is -2.11. The maximum atomic E-state index is 13.1. The molecule has 0 saturated carbocycles. The number of nitrogens with zero attached hydrogens (tertiary/aromatic N) is 2. The SMILES string of the molecule is COc1ccccc1NC(=O)c1ccc(NC(=O)c2cc(C(C)C)nc3onc(C)c23)cc1. The second kappa shape index (κ2) is 9.12. The van der Waals surface area contributed by atoms with Gasteiger partial charge < -0.3 is 19.9 Å². The Morgan fingerprint density at radius 3 is 2.42 bits per heavy atom. The molecule has 0 bridgehead atoms. The lowest BCUT2D eigenvalue weighted by atomic mass is 10.0. The molecule has 0 fully saturated rings. The molecule has 4 rings (SSSR count). The molecule has 8 heteroatoms. The van der Waals surface area contributed by atoms with Gasteiger partial charge in [-0.1, -0.05) is 31.1 Å². The number of aromatic nitrogens is 2. The summed E-state index contributed by atoms with van der Waals surface area (Å²) in [5.41, 5.74) is 3.71. The highest BCUT2D eigenvalue weighted by molar-refractivity contribution is 6.12. The molecule has 2 aromatic heterocycles. The maximum absolute atomic E-state index is 13.1. The van der Waals surface area contributed by atoms with E-state index in [1.807, 2.05) is 26.0 Å². The summed E-state index contributed by atoms with van der Waals surface area (Å²) >= 11 is 0. The van der Waals surface area contributed by atoms with Gasteiger partial charge in [-0.05, 0) is 55.3 Å². The molecule has 0 spiro atoms. The predicted octanol–water partition coefficient (Wildman–Crippen LogP) is 5.17. The van der Waals surface area contributed by atoms with Crippen LogP contribution in [0.15, 0.2) is 59.1 Å². The Labute approximate surface area is 191 Å². The van der Waals surface area contributed by atoms with Crippen LogP contribution in [0, 0.1) is 6.92 Å². The predicted molar refractivity (Wildman–Crippen MR) is 126 cm³/mol. The Morgan fingerprint density at radius 1 is 1.00 bits per heavy atom. The number of hydrogen-bond acceptors (Lipinski definition) is 6. The van der Waals surface area contributed by atoms with Gasteiger partial charge >= 0.3 is 0 Å². The number of para-hydroxylation sites is 2. The highest BCUT2D eigenvalue weighted by Crippen LogP contribution is 2.26. The quantitative estimate of drug-likeness (QED) is 0.425. The van der Waals surface area contributed by atoms with Gasteiger partial charge in [-0.25, -0.2) is 4.98 Å². The number of rotatable bonds is 6. The molecule has 168 valence electrons. The number of nitrogens with one attached hydrogen (secondary N) is 2. The third kappa shape index (κ3) is 4.55. The lowest BCUT2D eigenvalue weighted by molar-refractivity contribution is 0.102. The molecule has 2 heterocycles. The molecule has 0 unspecified atom stereocenters. The van der Waals surface area contributed by atoms with E-state index in [-0.39, 0.29) is 17.7 Å². The van der Waals surface area contributed by atoms with Crippen molar-refractivity contribution >= 4 is 34.3 Å². The smallest absolute Gasteiger partial charge is 0.259 e. The molecular formula is C25H24N4O4. The Hall–Kier alpha value is -4.20. The first-order valence-corrected chi connectivity index (χ1v) is 10.5. The van der Waals surface area contributed by atoms with Crippen molar-refractivity contribution in [3.05, 3.63) is 77.1 Å². The first-order chi connectivity index (χ1) is 15.9. The average Bonchev–Trinajstić information content (AvgIpc) is 3.20. The molecule has 0 atom stereocenters. The number of carbonyl (C=O) groups is 2. The number of ether oxygens (including phenoxy) is 1. The van der Waals surface area contributed by atoms with Crippen molar-refractivity contribution in [3.63, 3.8) is 0 Å². The molecule has 2 aromatic carbocycles. The highest BCUT2D eigenvalue weighted by Gasteiger charge is 2.20. The average molecular weight is 444 g/mol. The summed E-state index contributed by atoms with van der Waals surface area (Å²) in [4.78, 5) is 30.2. The minimum Gasteiger partial charge on any atom is -0.495 e. The van der Waals surface area contributed by atoms with Crippen LogP contribution in [0.4, 0.5) is 11.4 Å². The number of benzene rings is 2. The lowest BCUT2D eigenvalue weighted by Crippen LogP contribution is -2.15. The highest BCUT2D eigenvalue weighted by atomic mass is 16.5. The number of carbonyl (C=O) groups excluding carboxylic acids is 2. The van der Waals surface area contributed by atoms with E-state index in [0.717, 1.165) is 5.69 Å². The van der Waals surface area contributed by atoms with E-state index in [1.54, 1.807) is 56.5 Å². The molecule has 2 N–H and O–H groups in total. The molecular weight excluding hydrogens is 420 g/mol. The molecule has 2 amide bonds. The molecule has 8 nitrogen and oxygen atoms in total. The van der Waals surface area contributed by atoms with Gasteiger partial charge in [0.05, 0.1) is 29.4 Å². The van der Waals surface area contributed by atoms with Gasteiger partial charge in [0, 0.05) is 16.9 Å². The molecule has 0 radical (unpaired) electrons. The number of methoxy groups -OCH3 is 1. The molecule has 4 aromatic rings. The van der Waals surface area contributed by atoms with E-state index in [4.69, 9.17) is 9.26 Å². The summed E-state index contributed by atoms with van der Waals surface area (Å²) in [6.07, 6.45) is 0. The third-order valence-corrected chi connectivity index (χ3v) is 5.23. The van der Waals surface area contributed by atoms with Gasteiger partial charge in [-0.3, -0.25) is 9.59 Å². The number of aryl methyl sites for hydroxylation is 1. The Kier molecular flexibility index (Phi) is 6.08. The van der Waals surface area contributed by atoms with Crippen LogP contribution >= 0.6 is 0 Å². The van der Waals surface area contributed by atoms with Gasteiger partial charge in [0.2, 0.25) is 0 Å². The molecule has 33 heavy (non-hydrogen) atoms. The van der Waals surface area contributed by atoms with E-state index in [2.05, 4.69) is 20.8 Å². The Balaban J connectivity index is 1.53. The minimum atomic E-state index is -0.304. The minimum absolute atomic E-state index is 0.118. The first-order valence-electron chi connectivity index (χ1n) is 10.5. The Bertz CT molecular complexity index is 1330. The molecule has 0 aliphatic rings. The van der Waals surface area contributed by atoms with E-state index >= 15 is 0 Å².